The molecule has 3 fully saturated rings. The van der Waals surface area contributed by atoms with Crippen molar-refractivity contribution in [1.82, 2.24) is 5.32 Å². The maximum absolute atomic E-state index is 5.93. The molecule has 0 aromatic rings. The van der Waals surface area contributed by atoms with E-state index in [0.29, 0.717) is 5.60 Å². The first-order valence-electron chi connectivity index (χ1n) is 6.74. The van der Waals surface area contributed by atoms with E-state index in [1.165, 1.54) is 57.9 Å². The largest absolute Gasteiger partial charge is 0.375 e. The van der Waals surface area contributed by atoms with E-state index in [1.54, 1.807) is 0 Å². The Hall–Kier alpha value is -0.0800. The Kier molecular flexibility index (Phi) is 2.73. The van der Waals surface area contributed by atoms with Crippen LogP contribution in [0.15, 0.2) is 0 Å². The minimum Gasteiger partial charge on any atom is -0.375 e. The van der Waals surface area contributed by atoms with Gasteiger partial charge in [-0.1, -0.05) is 12.8 Å². The minimum atomic E-state index is 0.315. The number of rotatable bonds is 4. The van der Waals surface area contributed by atoms with E-state index in [1.807, 2.05) is 0 Å². The second kappa shape index (κ2) is 4.06. The highest BCUT2D eigenvalue weighted by molar-refractivity contribution is 4.96. The van der Waals surface area contributed by atoms with Gasteiger partial charge in [-0.05, 0) is 51.0 Å². The lowest BCUT2D eigenvalue weighted by atomic mass is 9.74. The van der Waals surface area contributed by atoms with E-state index < -0.39 is 0 Å². The number of ether oxygens (including phenoxy) is 1. The van der Waals surface area contributed by atoms with Crippen LogP contribution in [0.1, 0.15) is 51.4 Å². The Balaban J connectivity index is 1.40. The molecule has 0 aromatic heterocycles. The molecule has 2 saturated carbocycles. The predicted molar refractivity (Wildman–Crippen MR) is 60.9 cm³/mol. The standard InChI is InChI=1S/C13H23NO/c1-6-13(7-1)10-12(5-9-15-13)14-8-4-11-2-3-11/h11-12,14H,1-10H2. The fourth-order valence-electron chi connectivity index (χ4n) is 3.02. The van der Waals surface area contributed by atoms with Crippen molar-refractivity contribution in [3.05, 3.63) is 0 Å². The fourth-order valence-corrected chi connectivity index (χ4v) is 3.02. The van der Waals surface area contributed by atoms with Crippen molar-refractivity contribution >= 4 is 0 Å². The molecule has 2 heteroatoms. The molecule has 2 nitrogen and oxygen atoms in total. The van der Waals surface area contributed by atoms with Gasteiger partial charge in [0.15, 0.2) is 0 Å². The second-order valence-electron chi connectivity index (χ2n) is 5.76. The van der Waals surface area contributed by atoms with Crippen LogP contribution in [0.4, 0.5) is 0 Å². The molecule has 0 bridgehead atoms. The van der Waals surface area contributed by atoms with Gasteiger partial charge in [0.1, 0.15) is 0 Å². The maximum atomic E-state index is 5.93. The monoisotopic (exact) mass is 209 g/mol. The molecule has 1 unspecified atom stereocenters. The third-order valence-electron chi connectivity index (χ3n) is 4.44. The summed E-state index contributed by atoms with van der Waals surface area (Å²) < 4.78 is 5.93. The van der Waals surface area contributed by atoms with Crippen LogP contribution in [0.2, 0.25) is 0 Å². The first kappa shape index (κ1) is 10.1. The van der Waals surface area contributed by atoms with Crippen LogP contribution in [-0.2, 0) is 4.74 Å². The van der Waals surface area contributed by atoms with E-state index in [-0.39, 0.29) is 0 Å². The summed E-state index contributed by atoms with van der Waals surface area (Å²) in [6, 6.07) is 0.748. The highest BCUT2D eigenvalue weighted by Gasteiger charge is 2.42. The quantitative estimate of drug-likeness (QED) is 0.768. The van der Waals surface area contributed by atoms with Gasteiger partial charge in [-0.25, -0.2) is 0 Å². The zero-order valence-corrected chi connectivity index (χ0v) is 9.63. The van der Waals surface area contributed by atoms with Crippen LogP contribution >= 0.6 is 0 Å². The number of hydrogen-bond acceptors (Lipinski definition) is 2. The summed E-state index contributed by atoms with van der Waals surface area (Å²) in [5.41, 5.74) is 0.315. The smallest absolute Gasteiger partial charge is 0.0697 e. The van der Waals surface area contributed by atoms with E-state index in [2.05, 4.69) is 5.32 Å². The van der Waals surface area contributed by atoms with Crippen LogP contribution in [0.3, 0.4) is 0 Å². The van der Waals surface area contributed by atoms with Crippen LogP contribution in [0.25, 0.3) is 0 Å². The highest BCUT2D eigenvalue weighted by atomic mass is 16.5. The second-order valence-corrected chi connectivity index (χ2v) is 5.76. The Morgan fingerprint density at radius 1 is 1.20 bits per heavy atom. The van der Waals surface area contributed by atoms with Crippen molar-refractivity contribution in [2.24, 2.45) is 5.92 Å². The van der Waals surface area contributed by atoms with Crippen molar-refractivity contribution in [1.29, 1.82) is 0 Å². The molecular weight excluding hydrogens is 186 g/mol. The molecule has 15 heavy (non-hydrogen) atoms. The summed E-state index contributed by atoms with van der Waals surface area (Å²) in [6.45, 7) is 2.23. The molecule has 1 saturated heterocycles. The zero-order chi connectivity index (χ0) is 10.1. The van der Waals surface area contributed by atoms with Crippen LogP contribution in [0.5, 0.6) is 0 Å². The maximum Gasteiger partial charge on any atom is 0.0697 e. The number of hydrogen-bond donors (Lipinski definition) is 1. The summed E-state index contributed by atoms with van der Waals surface area (Å²) in [5, 5.41) is 3.74. The molecule has 1 aliphatic heterocycles. The van der Waals surface area contributed by atoms with Gasteiger partial charge in [-0.3, -0.25) is 0 Å². The first-order valence-corrected chi connectivity index (χ1v) is 6.74. The van der Waals surface area contributed by atoms with Gasteiger partial charge in [0.2, 0.25) is 0 Å². The Morgan fingerprint density at radius 3 is 2.73 bits per heavy atom. The molecule has 1 heterocycles. The van der Waals surface area contributed by atoms with Gasteiger partial charge in [0.05, 0.1) is 5.60 Å². The predicted octanol–water partition coefficient (Wildman–Crippen LogP) is 2.48. The molecular formula is C13H23NO. The molecule has 1 N–H and O–H groups in total. The van der Waals surface area contributed by atoms with Gasteiger partial charge < -0.3 is 10.1 Å². The lowest BCUT2D eigenvalue weighted by molar-refractivity contribution is -0.135. The third kappa shape index (κ3) is 2.36. The van der Waals surface area contributed by atoms with Crippen LogP contribution in [0, 0.1) is 5.92 Å². The Morgan fingerprint density at radius 2 is 2.07 bits per heavy atom. The Bertz CT molecular complexity index is 221. The molecule has 86 valence electrons. The summed E-state index contributed by atoms with van der Waals surface area (Å²) in [6.07, 6.45) is 10.9. The molecule has 1 atom stereocenters. The number of nitrogens with one attached hydrogen (secondary N) is 1. The van der Waals surface area contributed by atoms with Gasteiger partial charge >= 0.3 is 0 Å². The molecule has 3 rings (SSSR count). The lowest BCUT2D eigenvalue weighted by Gasteiger charge is -2.47. The van der Waals surface area contributed by atoms with Crippen LogP contribution in [-0.4, -0.2) is 24.8 Å². The summed E-state index contributed by atoms with van der Waals surface area (Å²) >= 11 is 0. The topological polar surface area (TPSA) is 21.3 Å². The van der Waals surface area contributed by atoms with Crippen molar-refractivity contribution in [3.8, 4) is 0 Å². The van der Waals surface area contributed by atoms with Gasteiger partial charge in [0.25, 0.3) is 0 Å². The van der Waals surface area contributed by atoms with Crippen LogP contribution < -0.4 is 5.32 Å². The van der Waals surface area contributed by atoms with E-state index in [4.69, 9.17) is 4.74 Å². The zero-order valence-electron chi connectivity index (χ0n) is 9.63. The fraction of sp³-hybridized carbons (Fsp3) is 1.00. The molecule has 1 spiro atoms. The SMILES string of the molecule is C1CC2(C1)CC(NCCC1CC1)CCO2. The lowest BCUT2D eigenvalue weighted by Crippen LogP contribution is -2.51. The average Bonchev–Trinajstić information content (AvgIpc) is 3.00. The van der Waals surface area contributed by atoms with Gasteiger partial charge in [0, 0.05) is 12.6 Å². The van der Waals surface area contributed by atoms with Gasteiger partial charge in [-0.15, -0.1) is 0 Å². The molecule has 3 aliphatic rings. The summed E-state index contributed by atoms with van der Waals surface area (Å²) in [7, 11) is 0. The molecule has 2 aliphatic carbocycles. The third-order valence-corrected chi connectivity index (χ3v) is 4.44. The normalized spacial score (nSPS) is 34.0. The van der Waals surface area contributed by atoms with Crippen molar-refractivity contribution in [2.45, 2.75) is 63.0 Å². The summed E-state index contributed by atoms with van der Waals surface area (Å²) in [4.78, 5) is 0. The van der Waals surface area contributed by atoms with E-state index >= 15 is 0 Å². The first-order chi connectivity index (χ1) is 7.36. The van der Waals surface area contributed by atoms with Crippen molar-refractivity contribution in [3.63, 3.8) is 0 Å². The highest BCUT2D eigenvalue weighted by Crippen LogP contribution is 2.42. The van der Waals surface area contributed by atoms with E-state index in [9.17, 15) is 0 Å². The van der Waals surface area contributed by atoms with Crippen molar-refractivity contribution < 1.29 is 4.74 Å². The van der Waals surface area contributed by atoms with Crippen molar-refractivity contribution in [2.75, 3.05) is 13.2 Å². The van der Waals surface area contributed by atoms with E-state index in [0.717, 1.165) is 18.6 Å². The molecule has 0 amide bonds. The minimum absolute atomic E-state index is 0.315. The summed E-state index contributed by atoms with van der Waals surface area (Å²) in [5.74, 6) is 1.06. The Labute approximate surface area is 92.8 Å². The molecule has 0 radical (unpaired) electrons. The molecule has 0 aromatic carbocycles. The van der Waals surface area contributed by atoms with Gasteiger partial charge in [-0.2, -0.15) is 0 Å². The average molecular weight is 209 g/mol.